The van der Waals surface area contributed by atoms with Crippen molar-refractivity contribution < 1.29 is 14.6 Å². The molecule has 4 heteroatoms. The minimum absolute atomic E-state index is 0.0867. The maximum absolute atomic E-state index is 11.9. The number of pyridine rings is 1. The van der Waals surface area contributed by atoms with E-state index < -0.39 is 11.6 Å². The van der Waals surface area contributed by atoms with Gasteiger partial charge in [0.25, 0.3) is 0 Å². The second-order valence-electron chi connectivity index (χ2n) is 5.04. The molecule has 0 amide bonds. The number of ether oxygens (including phenoxy) is 1. The van der Waals surface area contributed by atoms with E-state index in [0.717, 1.165) is 0 Å². The number of esters is 1. The van der Waals surface area contributed by atoms with E-state index in [-0.39, 0.29) is 11.3 Å². The second-order valence-corrected chi connectivity index (χ2v) is 5.04. The van der Waals surface area contributed by atoms with Crippen LogP contribution in [0.2, 0.25) is 0 Å². The molecular weight excluding hydrogens is 230 g/mol. The standard InChI is InChI=1S/C14H15NO3/c1-14(2,3)18-13(17)10-8-15-11-7-5-4-6-9(11)12(10)16/h4-8H,1-3H3,(H,15,16). The van der Waals surface area contributed by atoms with Gasteiger partial charge in [-0.15, -0.1) is 0 Å². The van der Waals surface area contributed by atoms with E-state index in [0.29, 0.717) is 10.9 Å². The molecule has 0 radical (unpaired) electrons. The SMILES string of the molecule is CC(C)(C)OC(=O)c1cnc2ccccc2c1O. The Bertz CT molecular complexity index is 600. The van der Waals surface area contributed by atoms with Crippen LogP contribution in [0, 0.1) is 0 Å². The lowest BCUT2D eigenvalue weighted by molar-refractivity contribution is 0.00667. The highest BCUT2D eigenvalue weighted by molar-refractivity contribution is 5.99. The molecule has 0 bridgehead atoms. The number of hydrogen-bond donors (Lipinski definition) is 1. The maximum Gasteiger partial charge on any atom is 0.344 e. The molecule has 1 aromatic heterocycles. The van der Waals surface area contributed by atoms with Gasteiger partial charge in [0, 0.05) is 11.6 Å². The van der Waals surface area contributed by atoms with Crippen LogP contribution in [0.4, 0.5) is 0 Å². The highest BCUT2D eigenvalue weighted by Gasteiger charge is 2.21. The number of hydrogen-bond acceptors (Lipinski definition) is 4. The number of fused-ring (bicyclic) bond motifs is 1. The zero-order valence-corrected chi connectivity index (χ0v) is 10.6. The molecule has 0 unspecified atom stereocenters. The maximum atomic E-state index is 11.9. The first-order chi connectivity index (χ1) is 8.38. The number of carbonyl (C=O) groups excluding carboxylic acids is 1. The first-order valence-corrected chi connectivity index (χ1v) is 5.68. The summed E-state index contributed by atoms with van der Waals surface area (Å²) < 4.78 is 5.21. The Balaban J connectivity index is 2.46. The van der Waals surface area contributed by atoms with Crippen LogP contribution in [0.5, 0.6) is 5.75 Å². The van der Waals surface area contributed by atoms with Crippen molar-refractivity contribution in [1.82, 2.24) is 4.98 Å². The lowest BCUT2D eigenvalue weighted by atomic mass is 10.1. The predicted octanol–water partition coefficient (Wildman–Crippen LogP) is 2.90. The van der Waals surface area contributed by atoms with Gasteiger partial charge in [-0.3, -0.25) is 4.98 Å². The van der Waals surface area contributed by atoms with E-state index in [1.807, 2.05) is 6.07 Å². The Morgan fingerprint density at radius 2 is 1.94 bits per heavy atom. The van der Waals surface area contributed by atoms with Gasteiger partial charge < -0.3 is 9.84 Å². The van der Waals surface area contributed by atoms with Crippen molar-refractivity contribution in [3.63, 3.8) is 0 Å². The predicted molar refractivity (Wildman–Crippen MR) is 68.6 cm³/mol. The Morgan fingerprint density at radius 3 is 2.61 bits per heavy atom. The molecule has 1 N–H and O–H groups in total. The van der Waals surface area contributed by atoms with Gasteiger partial charge in [-0.05, 0) is 32.9 Å². The quantitative estimate of drug-likeness (QED) is 0.785. The Labute approximate surface area is 105 Å². The first-order valence-electron chi connectivity index (χ1n) is 5.68. The molecule has 2 rings (SSSR count). The van der Waals surface area contributed by atoms with Gasteiger partial charge in [0.05, 0.1) is 5.52 Å². The molecule has 0 aliphatic rings. The van der Waals surface area contributed by atoms with Gasteiger partial charge in [-0.1, -0.05) is 12.1 Å². The molecule has 0 atom stereocenters. The smallest absolute Gasteiger partial charge is 0.344 e. The third kappa shape index (κ3) is 2.42. The summed E-state index contributed by atoms with van der Waals surface area (Å²) in [7, 11) is 0. The summed E-state index contributed by atoms with van der Waals surface area (Å²) in [4.78, 5) is 16.0. The Kier molecular flexibility index (Phi) is 2.95. The average Bonchev–Trinajstić information content (AvgIpc) is 2.27. The molecule has 0 aliphatic carbocycles. The zero-order chi connectivity index (χ0) is 13.3. The zero-order valence-electron chi connectivity index (χ0n) is 10.6. The van der Waals surface area contributed by atoms with E-state index in [9.17, 15) is 9.90 Å². The van der Waals surface area contributed by atoms with Gasteiger partial charge in [-0.2, -0.15) is 0 Å². The van der Waals surface area contributed by atoms with Gasteiger partial charge in [0.1, 0.15) is 16.9 Å². The molecule has 0 saturated heterocycles. The van der Waals surface area contributed by atoms with E-state index in [2.05, 4.69) is 4.98 Å². The fourth-order valence-corrected chi connectivity index (χ4v) is 1.61. The van der Waals surface area contributed by atoms with Crippen molar-refractivity contribution in [2.45, 2.75) is 26.4 Å². The summed E-state index contributed by atoms with van der Waals surface area (Å²) in [6, 6.07) is 7.09. The second kappa shape index (κ2) is 4.29. The summed E-state index contributed by atoms with van der Waals surface area (Å²) in [5, 5.41) is 10.6. The molecule has 0 saturated carbocycles. The van der Waals surface area contributed by atoms with Crippen LogP contribution in [-0.4, -0.2) is 21.7 Å². The lowest BCUT2D eigenvalue weighted by Crippen LogP contribution is -2.24. The van der Waals surface area contributed by atoms with Crippen LogP contribution in [0.1, 0.15) is 31.1 Å². The molecule has 18 heavy (non-hydrogen) atoms. The van der Waals surface area contributed by atoms with Crippen LogP contribution in [0.15, 0.2) is 30.5 Å². The third-order valence-electron chi connectivity index (χ3n) is 2.37. The highest BCUT2D eigenvalue weighted by Crippen LogP contribution is 2.28. The highest BCUT2D eigenvalue weighted by atomic mass is 16.6. The van der Waals surface area contributed by atoms with Crippen molar-refractivity contribution in [2.75, 3.05) is 0 Å². The summed E-state index contributed by atoms with van der Waals surface area (Å²) >= 11 is 0. The van der Waals surface area contributed by atoms with Crippen LogP contribution >= 0.6 is 0 Å². The van der Waals surface area contributed by atoms with Gasteiger partial charge >= 0.3 is 5.97 Å². The molecule has 1 aromatic carbocycles. The monoisotopic (exact) mass is 245 g/mol. The summed E-state index contributed by atoms with van der Waals surface area (Å²) in [5.74, 6) is -0.659. The third-order valence-corrected chi connectivity index (χ3v) is 2.37. The van der Waals surface area contributed by atoms with Crippen molar-refractivity contribution in [3.05, 3.63) is 36.0 Å². The summed E-state index contributed by atoms with van der Waals surface area (Å²) in [5.41, 5.74) is 0.126. The minimum atomic E-state index is -0.602. The van der Waals surface area contributed by atoms with Crippen LogP contribution in [0.25, 0.3) is 10.9 Å². The molecule has 4 nitrogen and oxygen atoms in total. The number of rotatable bonds is 1. The van der Waals surface area contributed by atoms with Gasteiger partial charge in [0.2, 0.25) is 0 Å². The minimum Gasteiger partial charge on any atom is -0.506 e. The van der Waals surface area contributed by atoms with Crippen LogP contribution < -0.4 is 0 Å². The van der Waals surface area contributed by atoms with E-state index in [1.165, 1.54) is 6.20 Å². The molecular formula is C14H15NO3. The fraction of sp³-hybridized carbons (Fsp3) is 0.286. The van der Waals surface area contributed by atoms with Crippen molar-refractivity contribution in [3.8, 4) is 5.75 Å². The number of aromatic hydroxyl groups is 1. The molecule has 0 spiro atoms. The largest absolute Gasteiger partial charge is 0.506 e. The fourth-order valence-electron chi connectivity index (χ4n) is 1.61. The van der Waals surface area contributed by atoms with Crippen LogP contribution in [-0.2, 0) is 4.74 Å². The van der Waals surface area contributed by atoms with Crippen molar-refractivity contribution in [1.29, 1.82) is 0 Å². The summed E-state index contributed by atoms with van der Waals surface area (Å²) in [6.07, 6.45) is 1.34. The van der Waals surface area contributed by atoms with Gasteiger partial charge in [-0.25, -0.2) is 4.79 Å². The molecule has 1 heterocycles. The van der Waals surface area contributed by atoms with E-state index in [1.54, 1.807) is 39.0 Å². The first kappa shape index (κ1) is 12.4. The Morgan fingerprint density at radius 1 is 1.28 bits per heavy atom. The number of carbonyl (C=O) groups is 1. The normalized spacial score (nSPS) is 11.5. The van der Waals surface area contributed by atoms with Crippen molar-refractivity contribution in [2.24, 2.45) is 0 Å². The van der Waals surface area contributed by atoms with Crippen LogP contribution in [0.3, 0.4) is 0 Å². The lowest BCUT2D eigenvalue weighted by Gasteiger charge is -2.19. The molecule has 94 valence electrons. The number of benzene rings is 1. The molecule has 0 aliphatic heterocycles. The summed E-state index contributed by atoms with van der Waals surface area (Å²) in [6.45, 7) is 5.32. The molecule has 2 aromatic rings. The Hall–Kier alpha value is -2.10. The number of aromatic nitrogens is 1. The van der Waals surface area contributed by atoms with Crippen molar-refractivity contribution >= 4 is 16.9 Å². The number of nitrogens with zero attached hydrogens (tertiary/aromatic N) is 1. The molecule has 0 fully saturated rings. The van der Waals surface area contributed by atoms with E-state index >= 15 is 0 Å². The average molecular weight is 245 g/mol. The topological polar surface area (TPSA) is 59.4 Å². The van der Waals surface area contributed by atoms with Gasteiger partial charge in [0.15, 0.2) is 0 Å². The number of para-hydroxylation sites is 1. The van der Waals surface area contributed by atoms with E-state index in [4.69, 9.17) is 4.74 Å².